The van der Waals surface area contributed by atoms with Gasteiger partial charge in [-0.1, -0.05) is 24.3 Å². The van der Waals surface area contributed by atoms with Crippen LogP contribution in [0.4, 0.5) is 0 Å². The predicted molar refractivity (Wildman–Crippen MR) is 94.1 cm³/mol. The van der Waals surface area contributed by atoms with E-state index in [0.29, 0.717) is 16.9 Å². The fourth-order valence-corrected chi connectivity index (χ4v) is 2.99. The van der Waals surface area contributed by atoms with Crippen LogP contribution in [-0.4, -0.2) is 42.4 Å². The van der Waals surface area contributed by atoms with Gasteiger partial charge in [0.05, 0.1) is 24.8 Å². The van der Waals surface area contributed by atoms with Gasteiger partial charge in [-0.05, 0) is 36.8 Å². The normalized spacial score (nSPS) is 14.2. The van der Waals surface area contributed by atoms with Gasteiger partial charge in [0.1, 0.15) is 11.8 Å². The van der Waals surface area contributed by atoms with Crippen LogP contribution < -0.4 is 4.74 Å². The van der Waals surface area contributed by atoms with Gasteiger partial charge in [0.25, 0.3) is 11.8 Å². The molecule has 134 valence electrons. The van der Waals surface area contributed by atoms with E-state index in [1.807, 2.05) is 0 Å². The van der Waals surface area contributed by atoms with Gasteiger partial charge in [-0.2, -0.15) is 0 Å². The van der Waals surface area contributed by atoms with Crippen molar-refractivity contribution >= 4 is 17.8 Å². The topological polar surface area (TPSA) is 72.9 Å². The van der Waals surface area contributed by atoms with Crippen LogP contribution in [0.15, 0.2) is 48.5 Å². The van der Waals surface area contributed by atoms with Gasteiger partial charge < -0.3 is 9.47 Å². The molecule has 0 bridgehead atoms. The SMILES string of the molecule is CCOC(=O)C(Cc1ccc(OC)cc1)N1C(=O)c2ccccc2C1=O. The Kier molecular flexibility index (Phi) is 5.02. The molecule has 26 heavy (non-hydrogen) atoms. The number of hydrogen-bond acceptors (Lipinski definition) is 5. The molecule has 1 heterocycles. The number of hydrogen-bond donors (Lipinski definition) is 0. The molecule has 0 saturated heterocycles. The van der Waals surface area contributed by atoms with E-state index in [0.717, 1.165) is 10.5 Å². The van der Waals surface area contributed by atoms with Crippen molar-refractivity contribution in [1.29, 1.82) is 0 Å². The lowest BCUT2D eigenvalue weighted by atomic mass is 10.0. The van der Waals surface area contributed by atoms with E-state index in [9.17, 15) is 14.4 Å². The summed E-state index contributed by atoms with van der Waals surface area (Å²) < 4.78 is 10.2. The van der Waals surface area contributed by atoms with Crippen molar-refractivity contribution in [2.24, 2.45) is 0 Å². The van der Waals surface area contributed by atoms with E-state index in [2.05, 4.69) is 0 Å². The highest BCUT2D eigenvalue weighted by molar-refractivity contribution is 6.22. The summed E-state index contributed by atoms with van der Waals surface area (Å²) in [6.07, 6.45) is 0.175. The molecule has 1 atom stereocenters. The van der Waals surface area contributed by atoms with Crippen molar-refractivity contribution in [1.82, 2.24) is 4.90 Å². The fourth-order valence-electron chi connectivity index (χ4n) is 2.99. The highest BCUT2D eigenvalue weighted by Gasteiger charge is 2.43. The number of imide groups is 1. The average Bonchev–Trinajstić information content (AvgIpc) is 2.92. The summed E-state index contributed by atoms with van der Waals surface area (Å²) in [6, 6.07) is 12.7. The lowest BCUT2D eigenvalue weighted by Crippen LogP contribution is -2.47. The number of fused-ring (bicyclic) bond motifs is 1. The number of rotatable bonds is 6. The lowest BCUT2D eigenvalue weighted by molar-refractivity contribution is -0.147. The van der Waals surface area contributed by atoms with Gasteiger partial charge in [0, 0.05) is 6.42 Å². The maximum atomic E-state index is 12.7. The summed E-state index contributed by atoms with van der Waals surface area (Å²) in [5, 5.41) is 0. The van der Waals surface area contributed by atoms with Gasteiger partial charge in [-0.15, -0.1) is 0 Å². The zero-order valence-electron chi connectivity index (χ0n) is 14.6. The minimum absolute atomic E-state index is 0.168. The van der Waals surface area contributed by atoms with Gasteiger partial charge in [-0.25, -0.2) is 4.79 Å². The Morgan fingerprint density at radius 3 is 2.08 bits per heavy atom. The first kappa shape index (κ1) is 17.7. The van der Waals surface area contributed by atoms with Crippen LogP contribution in [-0.2, 0) is 16.0 Å². The van der Waals surface area contributed by atoms with Crippen LogP contribution in [0.3, 0.4) is 0 Å². The number of carbonyl (C=O) groups is 3. The fraction of sp³-hybridized carbons (Fsp3) is 0.250. The van der Waals surface area contributed by atoms with Crippen molar-refractivity contribution in [3.63, 3.8) is 0 Å². The van der Waals surface area contributed by atoms with Crippen LogP contribution >= 0.6 is 0 Å². The Balaban J connectivity index is 1.93. The van der Waals surface area contributed by atoms with E-state index < -0.39 is 23.8 Å². The van der Waals surface area contributed by atoms with E-state index in [1.54, 1.807) is 62.6 Å². The third-order valence-electron chi connectivity index (χ3n) is 4.28. The number of nitrogens with zero attached hydrogens (tertiary/aromatic N) is 1. The summed E-state index contributed by atoms with van der Waals surface area (Å²) in [7, 11) is 1.56. The molecular weight excluding hydrogens is 334 g/mol. The molecule has 3 rings (SSSR count). The first-order valence-electron chi connectivity index (χ1n) is 8.33. The van der Waals surface area contributed by atoms with E-state index in [-0.39, 0.29) is 13.0 Å². The third-order valence-corrected chi connectivity index (χ3v) is 4.28. The first-order valence-corrected chi connectivity index (χ1v) is 8.33. The summed E-state index contributed by atoms with van der Waals surface area (Å²) in [5.41, 5.74) is 1.41. The van der Waals surface area contributed by atoms with Crippen molar-refractivity contribution in [3.05, 3.63) is 65.2 Å². The number of esters is 1. The zero-order valence-corrected chi connectivity index (χ0v) is 14.6. The Labute approximate surface area is 151 Å². The van der Waals surface area contributed by atoms with Crippen LogP contribution in [0.2, 0.25) is 0 Å². The minimum atomic E-state index is -1.02. The third kappa shape index (κ3) is 3.18. The zero-order chi connectivity index (χ0) is 18.7. The van der Waals surface area contributed by atoms with E-state index in [1.165, 1.54) is 0 Å². The Hall–Kier alpha value is -3.15. The molecule has 0 N–H and O–H groups in total. The van der Waals surface area contributed by atoms with Gasteiger partial charge in [0.15, 0.2) is 0 Å². The van der Waals surface area contributed by atoms with E-state index in [4.69, 9.17) is 9.47 Å². The highest BCUT2D eigenvalue weighted by atomic mass is 16.5. The maximum Gasteiger partial charge on any atom is 0.329 e. The Morgan fingerprint density at radius 2 is 1.58 bits per heavy atom. The number of benzene rings is 2. The maximum absolute atomic E-state index is 12.7. The second-order valence-electron chi connectivity index (χ2n) is 5.85. The number of carbonyl (C=O) groups excluding carboxylic acids is 3. The molecule has 2 aromatic rings. The lowest BCUT2D eigenvalue weighted by Gasteiger charge is -2.24. The summed E-state index contributed by atoms with van der Waals surface area (Å²) >= 11 is 0. The van der Waals surface area contributed by atoms with Crippen LogP contribution in [0.5, 0.6) is 5.75 Å². The van der Waals surface area contributed by atoms with E-state index >= 15 is 0 Å². The van der Waals surface area contributed by atoms with Gasteiger partial charge in [0.2, 0.25) is 0 Å². The number of ether oxygens (including phenoxy) is 2. The molecule has 1 aliphatic rings. The molecule has 1 aliphatic heterocycles. The Bertz CT molecular complexity index is 809. The minimum Gasteiger partial charge on any atom is -0.497 e. The predicted octanol–water partition coefficient (Wildman–Crippen LogP) is 2.47. The molecule has 2 aromatic carbocycles. The molecule has 0 fully saturated rings. The first-order chi connectivity index (χ1) is 12.6. The van der Waals surface area contributed by atoms with Crippen LogP contribution in [0, 0.1) is 0 Å². The molecule has 0 spiro atoms. The quantitative estimate of drug-likeness (QED) is 0.589. The standard InChI is InChI=1S/C20H19NO5/c1-3-26-20(24)17(12-13-8-10-14(25-2)11-9-13)21-18(22)15-6-4-5-7-16(15)19(21)23/h4-11,17H,3,12H2,1-2H3. The van der Waals surface area contributed by atoms with Crippen LogP contribution in [0.25, 0.3) is 0 Å². The molecule has 1 unspecified atom stereocenters. The largest absolute Gasteiger partial charge is 0.497 e. The molecule has 6 heteroatoms. The highest BCUT2D eigenvalue weighted by Crippen LogP contribution is 2.26. The number of amides is 2. The second kappa shape index (κ2) is 7.39. The van der Waals surface area contributed by atoms with Crippen LogP contribution in [0.1, 0.15) is 33.2 Å². The monoisotopic (exact) mass is 353 g/mol. The molecule has 0 radical (unpaired) electrons. The summed E-state index contributed by atoms with van der Waals surface area (Å²) in [4.78, 5) is 39.0. The van der Waals surface area contributed by atoms with Crippen molar-refractivity contribution in [2.75, 3.05) is 13.7 Å². The summed E-state index contributed by atoms with van der Waals surface area (Å²) in [6.45, 7) is 1.85. The Morgan fingerprint density at radius 1 is 1.00 bits per heavy atom. The van der Waals surface area contributed by atoms with Crippen molar-refractivity contribution in [2.45, 2.75) is 19.4 Å². The smallest absolute Gasteiger partial charge is 0.329 e. The molecule has 0 aliphatic carbocycles. The summed E-state index contributed by atoms with van der Waals surface area (Å²) in [5.74, 6) is -0.866. The average molecular weight is 353 g/mol. The van der Waals surface area contributed by atoms with Gasteiger partial charge >= 0.3 is 5.97 Å². The second-order valence-corrected chi connectivity index (χ2v) is 5.85. The van der Waals surface area contributed by atoms with Gasteiger partial charge in [-0.3, -0.25) is 14.5 Å². The molecule has 0 saturated carbocycles. The molecular formula is C20H19NO5. The molecule has 6 nitrogen and oxygen atoms in total. The van der Waals surface area contributed by atoms with Crippen molar-refractivity contribution in [3.8, 4) is 5.75 Å². The molecule has 0 aromatic heterocycles. The molecule has 2 amide bonds. The van der Waals surface area contributed by atoms with Crippen molar-refractivity contribution < 1.29 is 23.9 Å². The number of methoxy groups -OCH3 is 1.